The monoisotopic (exact) mass is 489 g/mol. The molecule has 0 saturated carbocycles. The maximum Gasteiger partial charge on any atom is 0.417 e. The first-order chi connectivity index (χ1) is 17.9. The molecule has 5 aromatic rings. The van der Waals surface area contributed by atoms with E-state index in [1.54, 1.807) is 31.2 Å². The van der Waals surface area contributed by atoms with E-state index >= 15 is 0 Å². The van der Waals surface area contributed by atoms with Gasteiger partial charge in [0.05, 0.1) is 11.1 Å². The Balaban J connectivity index is 1.89. The van der Waals surface area contributed by atoms with E-state index in [9.17, 15) is 18.4 Å². The van der Waals surface area contributed by atoms with Gasteiger partial charge in [-0.25, -0.2) is 0 Å². The standard InChI is InChI=1S/C33H22F3N/c1-22-20-30(33(34,35)36)32(28-19-11-9-17-26(28)24-14-6-3-7-15-24)29(21-37)31(22)27-18-10-8-16-25(27)23-12-4-2-5-13-23/h2-20H,1H3. The molecular formula is C33H22F3N. The molecule has 0 aliphatic carbocycles. The summed E-state index contributed by atoms with van der Waals surface area (Å²) in [6.07, 6.45) is -4.65. The molecular weight excluding hydrogens is 467 g/mol. The van der Waals surface area contributed by atoms with Gasteiger partial charge in [0.25, 0.3) is 0 Å². The van der Waals surface area contributed by atoms with Gasteiger partial charge in [0.1, 0.15) is 6.07 Å². The minimum Gasteiger partial charge on any atom is -0.192 e. The van der Waals surface area contributed by atoms with Crippen molar-refractivity contribution in [1.82, 2.24) is 0 Å². The quantitative estimate of drug-likeness (QED) is 0.247. The fraction of sp³-hybridized carbons (Fsp3) is 0.0606. The number of benzene rings is 5. The normalized spacial score (nSPS) is 11.2. The van der Waals surface area contributed by atoms with Crippen molar-refractivity contribution in [3.05, 3.63) is 132 Å². The Hall–Kier alpha value is -4.62. The second kappa shape index (κ2) is 9.79. The van der Waals surface area contributed by atoms with Crippen LogP contribution in [0.2, 0.25) is 0 Å². The first kappa shape index (κ1) is 24.1. The van der Waals surface area contributed by atoms with E-state index in [4.69, 9.17) is 0 Å². The molecule has 0 aliphatic heterocycles. The SMILES string of the molecule is Cc1cc(C(F)(F)F)c(-c2ccccc2-c2ccccc2)c(C#N)c1-c1ccccc1-c1ccccc1. The van der Waals surface area contributed by atoms with E-state index in [2.05, 4.69) is 6.07 Å². The first-order valence-electron chi connectivity index (χ1n) is 11.8. The molecule has 0 spiro atoms. The zero-order valence-corrected chi connectivity index (χ0v) is 20.1. The smallest absolute Gasteiger partial charge is 0.192 e. The summed E-state index contributed by atoms with van der Waals surface area (Å²) < 4.78 is 43.6. The van der Waals surface area contributed by atoms with Gasteiger partial charge in [-0.2, -0.15) is 18.4 Å². The number of alkyl halides is 3. The van der Waals surface area contributed by atoms with Gasteiger partial charge in [-0.05, 0) is 51.9 Å². The molecule has 180 valence electrons. The number of aryl methyl sites for hydroxylation is 1. The van der Waals surface area contributed by atoms with Gasteiger partial charge in [0, 0.05) is 11.1 Å². The van der Waals surface area contributed by atoms with Gasteiger partial charge in [0.15, 0.2) is 0 Å². The number of halogens is 3. The van der Waals surface area contributed by atoms with Crippen LogP contribution >= 0.6 is 0 Å². The third-order valence-corrected chi connectivity index (χ3v) is 6.50. The topological polar surface area (TPSA) is 23.8 Å². The molecule has 0 N–H and O–H groups in total. The molecule has 0 saturated heterocycles. The van der Waals surface area contributed by atoms with Crippen molar-refractivity contribution in [3.8, 4) is 50.6 Å². The molecule has 5 aromatic carbocycles. The Morgan fingerprint density at radius 3 is 1.41 bits per heavy atom. The summed E-state index contributed by atoms with van der Waals surface area (Å²) in [5, 5.41) is 10.4. The third kappa shape index (κ3) is 4.52. The van der Waals surface area contributed by atoms with Gasteiger partial charge < -0.3 is 0 Å². The maximum atomic E-state index is 14.5. The van der Waals surface area contributed by atoms with E-state index in [1.807, 2.05) is 84.9 Å². The lowest BCUT2D eigenvalue weighted by Crippen LogP contribution is -2.11. The molecule has 0 radical (unpaired) electrons. The maximum absolute atomic E-state index is 14.5. The van der Waals surface area contributed by atoms with E-state index in [0.717, 1.165) is 22.3 Å². The Morgan fingerprint density at radius 2 is 0.973 bits per heavy atom. The van der Waals surface area contributed by atoms with Crippen LogP contribution in [0, 0.1) is 18.3 Å². The summed E-state index contributed by atoms with van der Waals surface area (Å²) >= 11 is 0. The van der Waals surface area contributed by atoms with Gasteiger partial charge >= 0.3 is 6.18 Å². The van der Waals surface area contributed by atoms with Crippen LogP contribution < -0.4 is 0 Å². The van der Waals surface area contributed by atoms with E-state index in [1.165, 1.54) is 6.07 Å². The van der Waals surface area contributed by atoms with E-state index < -0.39 is 11.7 Å². The Kier molecular flexibility index (Phi) is 6.38. The van der Waals surface area contributed by atoms with Crippen molar-refractivity contribution in [2.75, 3.05) is 0 Å². The molecule has 4 heteroatoms. The van der Waals surface area contributed by atoms with Crippen LogP contribution in [0.5, 0.6) is 0 Å². The highest BCUT2D eigenvalue weighted by Crippen LogP contribution is 2.47. The van der Waals surface area contributed by atoms with Crippen LogP contribution in [0.1, 0.15) is 16.7 Å². The van der Waals surface area contributed by atoms with Gasteiger partial charge in [-0.1, -0.05) is 109 Å². The predicted octanol–water partition coefficient (Wildman–Crippen LogP) is 9.55. The molecule has 0 unspecified atom stereocenters. The van der Waals surface area contributed by atoms with E-state index in [-0.39, 0.29) is 11.1 Å². The lowest BCUT2D eigenvalue weighted by atomic mass is 9.81. The second-order valence-corrected chi connectivity index (χ2v) is 8.80. The zero-order valence-electron chi connectivity index (χ0n) is 20.1. The average Bonchev–Trinajstić information content (AvgIpc) is 2.93. The average molecular weight is 490 g/mol. The van der Waals surface area contributed by atoms with Crippen LogP contribution in [-0.2, 0) is 6.18 Å². The Bertz CT molecular complexity index is 1610. The second-order valence-electron chi connectivity index (χ2n) is 8.80. The molecule has 0 atom stereocenters. The number of nitriles is 1. The molecule has 1 nitrogen and oxygen atoms in total. The molecule has 5 rings (SSSR count). The molecule has 0 fully saturated rings. The van der Waals surface area contributed by atoms with Crippen molar-refractivity contribution in [2.45, 2.75) is 13.1 Å². The minimum atomic E-state index is -4.65. The lowest BCUT2D eigenvalue weighted by Gasteiger charge is -2.22. The van der Waals surface area contributed by atoms with Crippen molar-refractivity contribution < 1.29 is 13.2 Å². The largest absolute Gasteiger partial charge is 0.417 e. The minimum absolute atomic E-state index is 0.0130. The van der Waals surface area contributed by atoms with Crippen LogP contribution in [0.3, 0.4) is 0 Å². The van der Waals surface area contributed by atoms with Crippen molar-refractivity contribution >= 4 is 0 Å². The zero-order chi connectivity index (χ0) is 26.0. The van der Waals surface area contributed by atoms with Gasteiger partial charge in [-0.3, -0.25) is 0 Å². The summed E-state index contributed by atoms with van der Waals surface area (Å²) in [6.45, 7) is 1.64. The highest BCUT2D eigenvalue weighted by atomic mass is 19.4. The number of rotatable bonds is 4. The molecule has 0 amide bonds. The van der Waals surface area contributed by atoms with Gasteiger partial charge in [-0.15, -0.1) is 0 Å². The number of hydrogen-bond donors (Lipinski definition) is 0. The molecule has 0 aromatic heterocycles. The van der Waals surface area contributed by atoms with Gasteiger partial charge in [0.2, 0.25) is 0 Å². The predicted molar refractivity (Wildman–Crippen MR) is 143 cm³/mol. The van der Waals surface area contributed by atoms with Crippen LogP contribution in [0.4, 0.5) is 13.2 Å². The summed E-state index contributed by atoms with van der Waals surface area (Å²) in [6, 6.07) is 36.8. The fourth-order valence-electron chi connectivity index (χ4n) is 4.92. The summed E-state index contributed by atoms with van der Waals surface area (Å²) in [5.74, 6) is 0. The summed E-state index contributed by atoms with van der Waals surface area (Å²) in [5.41, 5.74) is 4.28. The molecule has 0 aliphatic rings. The highest BCUT2D eigenvalue weighted by molar-refractivity contribution is 5.95. The van der Waals surface area contributed by atoms with E-state index in [0.29, 0.717) is 22.3 Å². The molecule has 0 bridgehead atoms. The van der Waals surface area contributed by atoms with Crippen LogP contribution in [0.25, 0.3) is 44.5 Å². The molecule has 0 heterocycles. The first-order valence-corrected chi connectivity index (χ1v) is 11.8. The van der Waals surface area contributed by atoms with Crippen molar-refractivity contribution in [1.29, 1.82) is 5.26 Å². The van der Waals surface area contributed by atoms with Crippen molar-refractivity contribution in [3.63, 3.8) is 0 Å². The van der Waals surface area contributed by atoms with Crippen LogP contribution in [-0.4, -0.2) is 0 Å². The van der Waals surface area contributed by atoms with Crippen LogP contribution in [0.15, 0.2) is 115 Å². The summed E-state index contributed by atoms with van der Waals surface area (Å²) in [4.78, 5) is 0. The molecule has 37 heavy (non-hydrogen) atoms. The third-order valence-electron chi connectivity index (χ3n) is 6.50. The lowest BCUT2D eigenvalue weighted by molar-refractivity contribution is -0.137. The fourth-order valence-corrected chi connectivity index (χ4v) is 4.92. The Morgan fingerprint density at radius 1 is 0.568 bits per heavy atom. The Labute approximate surface area is 214 Å². The number of nitrogens with zero attached hydrogens (tertiary/aromatic N) is 1. The van der Waals surface area contributed by atoms with Crippen molar-refractivity contribution in [2.24, 2.45) is 0 Å². The number of hydrogen-bond acceptors (Lipinski definition) is 1. The summed E-state index contributed by atoms with van der Waals surface area (Å²) in [7, 11) is 0. The highest BCUT2D eigenvalue weighted by Gasteiger charge is 2.37.